The van der Waals surface area contributed by atoms with Gasteiger partial charge in [0, 0.05) is 27.7 Å². The molecule has 0 saturated heterocycles. The predicted octanol–water partition coefficient (Wildman–Crippen LogP) is 5.44. The van der Waals surface area contributed by atoms with Crippen LogP contribution in [0.2, 0.25) is 0 Å². The van der Waals surface area contributed by atoms with Crippen molar-refractivity contribution in [2.75, 3.05) is 5.73 Å². The molecular weight excluding hydrogens is 386 g/mol. The summed E-state index contributed by atoms with van der Waals surface area (Å²) >= 11 is 3.45. The van der Waals surface area contributed by atoms with Gasteiger partial charge >= 0.3 is 0 Å². The maximum Gasteiger partial charge on any atom is 0.166 e. The van der Waals surface area contributed by atoms with Gasteiger partial charge in [-0.15, -0.1) is 0 Å². The number of ketones is 1. The van der Waals surface area contributed by atoms with Gasteiger partial charge in [-0.3, -0.25) is 4.79 Å². The van der Waals surface area contributed by atoms with Crippen LogP contribution in [0.25, 0.3) is 0 Å². The van der Waals surface area contributed by atoms with E-state index in [0.717, 1.165) is 15.6 Å². The van der Waals surface area contributed by atoms with E-state index in [1.165, 1.54) is 0 Å². The van der Waals surface area contributed by atoms with Crippen molar-refractivity contribution in [1.82, 2.24) is 0 Å². The Morgan fingerprint density at radius 1 is 0.923 bits per heavy atom. The lowest BCUT2D eigenvalue weighted by molar-refractivity contribution is 0.0980. The molecular formula is C23H18BrNO. The number of nitrogen functional groups attached to an aromatic ring is 1. The molecule has 0 aliphatic heterocycles. The van der Waals surface area contributed by atoms with Gasteiger partial charge in [0.05, 0.1) is 5.92 Å². The normalized spacial score (nSPS) is 11.3. The van der Waals surface area contributed by atoms with Crippen molar-refractivity contribution in [3.63, 3.8) is 0 Å². The maximum atomic E-state index is 12.8. The number of anilines is 1. The molecule has 128 valence electrons. The summed E-state index contributed by atoms with van der Waals surface area (Å²) in [5.74, 6) is 6.25. The van der Waals surface area contributed by atoms with Crippen molar-refractivity contribution in [2.24, 2.45) is 0 Å². The number of carbonyl (C=O) groups excluding carboxylic acids is 1. The Morgan fingerprint density at radius 2 is 1.58 bits per heavy atom. The monoisotopic (exact) mass is 403 g/mol. The molecule has 0 aliphatic rings. The van der Waals surface area contributed by atoms with Crippen molar-refractivity contribution in [2.45, 2.75) is 12.3 Å². The zero-order valence-corrected chi connectivity index (χ0v) is 15.7. The van der Waals surface area contributed by atoms with Crippen LogP contribution in [0.3, 0.4) is 0 Å². The van der Waals surface area contributed by atoms with Crippen LogP contribution >= 0.6 is 15.9 Å². The third kappa shape index (κ3) is 4.62. The highest BCUT2D eigenvalue weighted by molar-refractivity contribution is 9.10. The third-order valence-corrected chi connectivity index (χ3v) is 4.62. The Kier molecular flexibility index (Phi) is 5.88. The van der Waals surface area contributed by atoms with Gasteiger partial charge in [-0.2, -0.15) is 0 Å². The zero-order chi connectivity index (χ0) is 18.4. The molecule has 2 N–H and O–H groups in total. The highest BCUT2D eigenvalue weighted by Gasteiger charge is 2.17. The first-order valence-electron chi connectivity index (χ1n) is 8.33. The largest absolute Gasteiger partial charge is 0.398 e. The fourth-order valence-electron chi connectivity index (χ4n) is 2.69. The summed E-state index contributed by atoms with van der Waals surface area (Å²) < 4.78 is 0.995. The summed E-state index contributed by atoms with van der Waals surface area (Å²) in [5, 5.41) is 0. The smallest absolute Gasteiger partial charge is 0.166 e. The highest BCUT2D eigenvalue weighted by atomic mass is 79.9. The number of carbonyl (C=O) groups is 1. The molecule has 0 unspecified atom stereocenters. The molecule has 0 spiro atoms. The summed E-state index contributed by atoms with van der Waals surface area (Å²) in [6, 6.07) is 24.9. The molecule has 0 heterocycles. The van der Waals surface area contributed by atoms with Gasteiger partial charge in [0.1, 0.15) is 0 Å². The van der Waals surface area contributed by atoms with Crippen LogP contribution in [0.5, 0.6) is 0 Å². The topological polar surface area (TPSA) is 43.1 Å². The van der Waals surface area contributed by atoms with Gasteiger partial charge in [-0.25, -0.2) is 0 Å². The van der Waals surface area contributed by atoms with E-state index in [1.54, 1.807) is 12.1 Å². The quantitative estimate of drug-likeness (QED) is 0.358. The Hall–Kier alpha value is -2.83. The molecule has 0 saturated carbocycles. The number of hydrogen-bond acceptors (Lipinski definition) is 2. The van der Waals surface area contributed by atoms with E-state index in [2.05, 4.69) is 27.8 Å². The molecule has 3 heteroatoms. The molecule has 2 nitrogen and oxygen atoms in total. The van der Waals surface area contributed by atoms with Gasteiger partial charge in [0.15, 0.2) is 5.78 Å². The Bertz CT molecular complexity index is 953. The maximum absolute atomic E-state index is 12.8. The molecule has 0 aliphatic carbocycles. The first kappa shape index (κ1) is 18.0. The molecule has 0 radical (unpaired) electrons. The Balaban J connectivity index is 1.90. The second kappa shape index (κ2) is 8.51. The second-order valence-corrected chi connectivity index (χ2v) is 6.87. The van der Waals surface area contributed by atoms with Crippen molar-refractivity contribution in [3.8, 4) is 11.8 Å². The summed E-state index contributed by atoms with van der Waals surface area (Å²) in [4.78, 5) is 12.8. The van der Waals surface area contributed by atoms with E-state index in [4.69, 9.17) is 5.73 Å². The number of rotatable bonds is 4. The zero-order valence-electron chi connectivity index (χ0n) is 14.2. The number of Topliss-reactive ketones (excluding diaryl/α,β-unsaturated/α-hetero) is 1. The van der Waals surface area contributed by atoms with Crippen molar-refractivity contribution >= 4 is 27.4 Å². The summed E-state index contributed by atoms with van der Waals surface area (Å²) in [5.41, 5.74) is 8.96. The van der Waals surface area contributed by atoms with Gasteiger partial charge in [-0.05, 0) is 42.0 Å². The first-order chi connectivity index (χ1) is 12.6. The molecule has 3 aromatic rings. The minimum absolute atomic E-state index is 0.00150. The summed E-state index contributed by atoms with van der Waals surface area (Å²) in [6.45, 7) is 0. The second-order valence-electron chi connectivity index (χ2n) is 5.95. The summed E-state index contributed by atoms with van der Waals surface area (Å²) in [6.07, 6.45) is 0.287. The van der Waals surface area contributed by atoms with Crippen molar-refractivity contribution in [1.29, 1.82) is 0 Å². The lowest BCUT2D eigenvalue weighted by Gasteiger charge is -2.12. The SMILES string of the molecule is Nc1ccccc1C(=O)C[C@@H](C#Cc1ccccc1)c1ccc(Br)cc1. The third-order valence-electron chi connectivity index (χ3n) is 4.09. The standard InChI is InChI=1S/C23H18BrNO/c24-20-14-12-18(13-15-20)19(11-10-17-6-2-1-3-7-17)16-23(26)21-8-4-5-9-22(21)25/h1-9,12-15,19H,16,25H2/t19-/m1/s1. The highest BCUT2D eigenvalue weighted by Crippen LogP contribution is 2.25. The van der Waals surface area contributed by atoms with Crippen LogP contribution in [0.4, 0.5) is 5.69 Å². The molecule has 26 heavy (non-hydrogen) atoms. The van der Waals surface area contributed by atoms with E-state index in [9.17, 15) is 4.79 Å². The average Bonchev–Trinajstić information content (AvgIpc) is 2.67. The van der Waals surface area contributed by atoms with Crippen LogP contribution < -0.4 is 5.73 Å². The Morgan fingerprint density at radius 3 is 2.27 bits per heavy atom. The molecule has 0 aromatic heterocycles. The number of benzene rings is 3. The van der Waals surface area contributed by atoms with Gasteiger partial charge < -0.3 is 5.73 Å². The molecule has 1 atom stereocenters. The number of hydrogen-bond donors (Lipinski definition) is 1. The van der Waals surface area contributed by atoms with Crippen LogP contribution in [-0.2, 0) is 0 Å². The molecule has 3 rings (SSSR count). The first-order valence-corrected chi connectivity index (χ1v) is 9.12. The average molecular weight is 404 g/mol. The van der Waals surface area contributed by atoms with Crippen LogP contribution in [0, 0.1) is 11.8 Å². The minimum Gasteiger partial charge on any atom is -0.398 e. The van der Waals surface area contributed by atoms with E-state index in [0.29, 0.717) is 11.3 Å². The lowest BCUT2D eigenvalue weighted by atomic mass is 9.91. The van der Waals surface area contributed by atoms with Crippen molar-refractivity contribution < 1.29 is 4.79 Å². The molecule has 3 aromatic carbocycles. The van der Waals surface area contributed by atoms with Gasteiger partial charge in [0.2, 0.25) is 0 Å². The summed E-state index contributed by atoms with van der Waals surface area (Å²) in [7, 11) is 0. The minimum atomic E-state index is -0.199. The molecule has 0 fully saturated rings. The van der Waals surface area contributed by atoms with E-state index in [-0.39, 0.29) is 18.1 Å². The fraction of sp³-hybridized carbons (Fsp3) is 0.0870. The number of halogens is 1. The van der Waals surface area contributed by atoms with Gasteiger partial charge in [-0.1, -0.05) is 70.2 Å². The number of nitrogens with two attached hydrogens (primary N) is 1. The lowest BCUT2D eigenvalue weighted by Crippen LogP contribution is -2.09. The van der Waals surface area contributed by atoms with Gasteiger partial charge in [0.25, 0.3) is 0 Å². The van der Waals surface area contributed by atoms with E-state index in [1.807, 2.05) is 66.7 Å². The predicted molar refractivity (Wildman–Crippen MR) is 110 cm³/mol. The molecule has 0 amide bonds. The van der Waals surface area contributed by atoms with E-state index >= 15 is 0 Å². The van der Waals surface area contributed by atoms with E-state index < -0.39 is 0 Å². The number of para-hydroxylation sites is 1. The van der Waals surface area contributed by atoms with Crippen LogP contribution in [0.1, 0.15) is 33.8 Å². The van der Waals surface area contributed by atoms with Crippen LogP contribution in [-0.4, -0.2) is 5.78 Å². The fourth-order valence-corrected chi connectivity index (χ4v) is 2.95. The van der Waals surface area contributed by atoms with Crippen molar-refractivity contribution in [3.05, 3.63) is 100 Å². The van der Waals surface area contributed by atoms with Crippen LogP contribution in [0.15, 0.2) is 83.3 Å². The molecule has 0 bridgehead atoms. The Labute approximate surface area is 162 Å².